The van der Waals surface area contributed by atoms with E-state index in [9.17, 15) is 5.41 Å². The highest BCUT2D eigenvalue weighted by Crippen LogP contribution is 2.32. The molecule has 0 saturated carbocycles. The molecular formula is C45H38N4. The third-order valence-corrected chi connectivity index (χ3v) is 9.14. The highest BCUT2D eigenvalue weighted by Gasteiger charge is 2.17. The largest absolute Gasteiger partial charge is 0.298 e. The van der Waals surface area contributed by atoms with E-state index in [4.69, 9.17) is 5.10 Å². The Morgan fingerprint density at radius 2 is 1.47 bits per heavy atom. The Hall–Kier alpha value is -6.13. The van der Waals surface area contributed by atoms with Crippen molar-refractivity contribution in [1.29, 1.82) is 5.41 Å². The first kappa shape index (κ1) is 31.5. The van der Waals surface area contributed by atoms with Gasteiger partial charge in [-0.05, 0) is 93.8 Å². The van der Waals surface area contributed by atoms with Crippen LogP contribution in [0.4, 0.5) is 5.69 Å². The van der Waals surface area contributed by atoms with E-state index in [-0.39, 0.29) is 0 Å². The van der Waals surface area contributed by atoms with E-state index in [1.54, 1.807) is 0 Å². The monoisotopic (exact) mass is 634 g/mol. The van der Waals surface area contributed by atoms with E-state index >= 15 is 0 Å². The van der Waals surface area contributed by atoms with Crippen LogP contribution in [0.15, 0.2) is 186 Å². The first-order valence-corrected chi connectivity index (χ1v) is 16.8. The number of allylic oxidation sites excluding steroid dienone is 10. The number of anilines is 1. The van der Waals surface area contributed by atoms with E-state index in [0.717, 1.165) is 64.6 Å². The summed E-state index contributed by atoms with van der Waals surface area (Å²) in [5, 5.41) is 16.3. The quantitative estimate of drug-likeness (QED) is 0.119. The van der Waals surface area contributed by atoms with E-state index in [1.165, 1.54) is 22.1 Å². The van der Waals surface area contributed by atoms with Gasteiger partial charge in [0.25, 0.3) is 0 Å². The van der Waals surface area contributed by atoms with Gasteiger partial charge in [0.05, 0.1) is 11.4 Å². The molecule has 238 valence electrons. The second kappa shape index (κ2) is 14.7. The van der Waals surface area contributed by atoms with Gasteiger partial charge in [0.2, 0.25) is 0 Å². The average molecular weight is 635 g/mol. The van der Waals surface area contributed by atoms with Gasteiger partial charge < -0.3 is 0 Å². The summed E-state index contributed by atoms with van der Waals surface area (Å²) in [6, 6.07) is 35.2. The minimum atomic E-state index is 0.297. The van der Waals surface area contributed by atoms with Crippen LogP contribution in [0.3, 0.4) is 0 Å². The molecule has 0 amide bonds. The minimum Gasteiger partial charge on any atom is -0.298 e. The number of fused-ring (bicyclic) bond motifs is 1. The molecule has 2 N–H and O–H groups in total. The number of hydrogen-bond donors (Lipinski definition) is 2. The Labute approximate surface area is 288 Å². The lowest BCUT2D eigenvalue weighted by molar-refractivity contribution is 0.879. The topological polar surface area (TPSA) is 61.1 Å². The standard InChI is InChI=1S/C45H38N4/c1-32(34-21-23-38(24-22-34)36-12-6-3-7-13-36)45(46)44(29-18-33-16-19-37(20-17-33)35-10-4-2-5-11-35)49-48-41-27-25-39(26-28-41)43-31-47-30-40-14-8-9-15-42(40)43/h2-6,8-12,14-21,23,25-31,46,48H,1,7,13,22,24H2/b29-18+,46-45?,49-44-. The molecule has 1 heterocycles. The van der Waals surface area contributed by atoms with Crippen molar-refractivity contribution in [3.8, 4) is 22.3 Å². The third kappa shape index (κ3) is 7.39. The molecule has 4 heteroatoms. The summed E-state index contributed by atoms with van der Waals surface area (Å²) < 4.78 is 0. The SMILES string of the molecule is C=C(C(=N)C(/C=C/c1ccc(-c2ccccc2)cc1)=N\Nc1ccc(-c2cncc3ccccc23)cc1)C1=CC=C(C2=CC=CCC2)CC1. The molecule has 0 bridgehead atoms. The zero-order chi connectivity index (χ0) is 33.4. The van der Waals surface area contributed by atoms with E-state index in [1.807, 2.05) is 48.8 Å². The first-order chi connectivity index (χ1) is 24.1. The Bertz CT molecular complexity index is 2190. The molecule has 5 aromatic rings. The van der Waals surface area contributed by atoms with Crippen molar-refractivity contribution in [2.24, 2.45) is 5.10 Å². The fraction of sp³-hybridized carbons (Fsp3) is 0.0889. The number of nitrogens with zero attached hydrogens (tertiary/aromatic N) is 2. The fourth-order valence-corrected chi connectivity index (χ4v) is 6.31. The summed E-state index contributed by atoms with van der Waals surface area (Å²) in [5.74, 6) is 0. The summed E-state index contributed by atoms with van der Waals surface area (Å²) in [7, 11) is 0. The van der Waals surface area contributed by atoms with Gasteiger partial charge in [-0.25, -0.2) is 0 Å². The molecule has 0 spiro atoms. The Morgan fingerprint density at radius 3 is 2.22 bits per heavy atom. The van der Waals surface area contributed by atoms with Crippen LogP contribution in [0.1, 0.15) is 31.2 Å². The van der Waals surface area contributed by atoms with Crippen molar-refractivity contribution >= 4 is 34.0 Å². The molecule has 49 heavy (non-hydrogen) atoms. The number of hydrogen-bond acceptors (Lipinski definition) is 4. The van der Waals surface area contributed by atoms with Gasteiger partial charge in [0.1, 0.15) is 5.71 Å². The van der Waals surface area contributed by atoms with Crippen molar-refractivity contribution in [3.63, 3.8) is 0 Å². The zero-order valence-electron chi connectivity index (χ0n) is 27.4. The Balaban J connectivity index is 1.13. The maximum Gasteiger partial charge on any atom is 0.109 e. The first-order valence-electron chi connectivity index (χ1n) is 16.8. The summed E-state index contributed by atoms with van der Waals surface area (Å²) in [5.41, 5.74) is 14.9. The molecule has 1 aromatic heterocycles. The van der Waals surface area contributed by atoms with Crippen LogP contribution in [0, 0.1) is 5.41 Å². The van der Waals surface area contributed by atoms with E-state index in [0.29, 0.717) is 17.0 Å². The Kier molecular flexibility index (Phi) is 9.47. The lowest BCUT2D eigenvalue weighted by Gasteiger charge is -2.20. The van der Waals surface area contributed by atoms with Gasteiger partial charge in [0, 0.05) is 23.3 Å². The van der Waals surface area contributed by atoms with Gasteiger partial charge in [-0.3, -0.25) is 15.8 Å². The van der Waals surface area contributed by atoms with Crippen LogP contribution in [0.5, 0.6) is 0 Å². The molecule has 0 radical (unpaired) electrons. The second-order valence-electron chi connectivity index (χ2n) is 12.3. The summed E-state index contributed by atoms with van der Waals surface area (Å²) >= 11 is 0. The van der Waals surface area contributed by atoms with Gasteiger partial charge in [-0.1, -0.05) is 134 Å². The molecule has 4 nitrogen and oxygen atoms in total. The zero-order valence-corrected chi connectivity index (χ0v) is 27.4. The fourth-order valence-electron chi connectivity index (χ4n) is 6.31. The lowest BCUT2D eigenvalue weighted by Crippen LogP contribution is -2.17. The van der Waals surface area contributed by atoms with Gasteiger partial charge in [-0.2, -0.15) is 5.10 Å². The molecule has 0 saturated heterocycles. The van der Waals surface area contributed by atoms with Crippen molar-refractivity contribution in [1.82, 2.24) is 4.98 Å². The molecule has 0 unspecified atom stereocenters. The second-order valence-corrected chi connectivity index (χ2v) is 12.3. The normalized spacial score (nSPS) is 14.7. The maximum atomic E-state index is 9.22. The van der Waals surface area contributed by atoms with Crippen LogP contribution in [0.25, 0.3) is 39.1 Å². The van der Waals surface area contributed by atoms with Gasteiger partial charge in [0.15, 0.2) is 0 Å². The van der Waals surface area contributed by atoms with Crippen LogP contribution in [-0.2, 0) is 0 Å². The van der Waals surface area contributed by atoms with Crippen molar-refractivity contribution in [3.05, 3.63) is 186 Å². The highest BCUT2D eigenvalue weighted by molar-refractivity contribution is 6.52. The van der Waals surface area contributed by atoms with Crippen LogP contribution in [-0.4, -0.2) is 16.4 Å². The molecule has 2 aliphatic carbocycles. The van der Waals surface area contributed by atoms with E-state index in [2.05, 4.69) is 126 Å². The van der Waals surface area contributed by atoms with Crippen LogP contribution in [0.2, 0.25) is 0 Å². The molecular weight excluding hydrogens is 597 g/mol. The number of rotatable bonds is 10. The Morgan fingerprint density at radius 1 is 0.735 bits per heavy atom. The van der Waals surface area contributed by atoms with Crippen molar-refractivity contribution < 1.29 is 0 Å². The number of aromatic nitrogens is 1. The molecule has 0 fully saturated rings. The molecule has 0 atom stereocenters. The summed E-state index contributed by atoms with van der Waals surface area (Å²) in [6.45, 7) is 4.37. The van der Waals surface area contributed by atoms with Crippen molar-refractivity contribution in [2.75, 3.05) is 5.43 Å². The molecule has 2 aliphatic rings. The molecule has 4 aromatic carbocycles. The maximum absolute atomic E-state index is 9.22. The smallest absolute Gasteiger partial charge is 0.109 e. The lowest BCUT2D eigenvalue weighted by atomic mass is 9.86. The van der Waals surface area contributed by atoms with Crippen LogP contribution >= 0.6 is 0 Å². The minimum absolute atomic E-state index is 0.297. The number of benzene rings is 4. The average Bonchev–Trinajstić information content (AvgIpc) is 3.18. The predicted molar refractivity (Wildman–Crippen MR) is 208 cm³/mol. The van der Waals surface area contributed by atoms with Gasteiger partial charge >= 0.3 is 0 Å². The third-order valence-electron chi connectivity index (χ3n) is 9.14. The highest BCUT2D eigenvalue weighted by atomic mass is 15.3. The predicted octanol–water partition coefficient (Wildman–Crippen LogP) is 11.5. The summed E-state index contributed by atoms with van der Waals surface area (Å²) in [4.78, 5) is 4.45. The van der Waals surface area contributed by atoms with Crippen molar-refractivity contribution in [2.45, 2.75) is 25.7 Å². The molecule has 0 aliphatic heterocycles. The number of nitrogens with one attached hydrogen (secondary N) is 2. The number of pyridine rings is 1. The molecule has 7 rings (SSSR count). The number of hydrazone groups is 1. The summed E-state index contributed by atoms with van der Waals surface area (Å²) in [6.07, 6.45) is 22.6. The van der Waals surface area contributed by atoms with Gasteiger partial charge in [-0.15, -0.1) is 0 Å². The van der Waals surface area contributed by atoms with E-state index < -0.39 is 0 Å². The van der Waals surface area contributed by atoms with Crippen LogP contribution < -0.4 is 5.43 Å².